The summed E-state index contributed by atoms with van der Waals surface area (Å²) in [6.07, 6.45) is 43.7. The van der Waals surface area contributed by atoms with Crippen LogP contribution in [-0.4, -0.2) is 84.9 Å². The van der Waals surface area contributed by atoms with Crippen LogP contribution in [0.3, 0.4) is 0 Å². The second kappa shape index (κ2) is 44.4. The number of rotatable bonds is 41. The Labute approximate surface area is 355 Å². The van der Waals surface area contributed by atoms with Gasteiger partial charge in [0.25, 0.3) is 6.47 Å². The summed E-state index contributed by atoms with van der Waals surface area (Å²) in [5, 5.41) is 16.3. The third kappa shape index (κ3) is 37.6. The Morgan fingerprint density at radius 1 is 0.509 bits per heavy atom. The molecule has 7 nitrogen and oxygen atoms in total. The zero-order valence-corrected chi connectivity index (χ0v) is 38.8. The summed E-state index contributed by atoms with van der Waals surface area (Å²) in [6, 6.07) is 0. The lowest BCUT2D eigenvalue weighted by atomic mass is 9.90. The molecule has 0 radical (unpaired) electrons. The van der Waals surface area contributed by atoms with Gasteiger partial charge in [0.05, 0.1) is 13.2 Å². The molecule has 1 fully saturated rings. The number of unbranched alkanes of at least 4 members (excludes halogenated alkanes) is 18. The number of ether oxygens (including phenoxy) is 1. The summed E-state index contributed by atoms with van der Waals surface area (Å²) in [5.74, 6) is 2.57. The first kappa shape index (κ1) is 55.8. The van der Waals surface area contributed by atoms with Crippen LogP contribution in [-0.2, 0) is 14.3 Å². The van der Waals surface area contributed by atoms with Gasteiger partial charge in [0.15, 0.2) is 0 Å². The fourth-order valence-electron chi connectivity index (χ4n) is 9.02. The van der Waals surface area contributed by atoms with E-state index in [1.807, 2.05) is 0 Å². The maximum Gasteiger partial charge on any atom is 0.305 e. The van der Waals surface area contributed by atoms with Crippen molar-refractivity contribution in [3.8, 4) is 0 Å². The third-order valence-corrected chi connectivity index (χ3v) is 12.8. The maximum absolute atomic E-state index is 12.4. The molecule has 1 unspecified atom stereocenters. The molecular weight excluding hydrogens is 709 g/mol. The Balaban J connectivity index is 0.0000101. The molecule has 0 aromatic heterocycles. The van der Waals surface area contributed by atoms with Crippen LogP contribution in [0, 0.1) is 17.8 Å². The molecule has 1 aliphatic heterocycles. The Kier molecular flexibility index (Phi) is 43.5. The molecular formula is C50H100N2O5. The molecule has 0 aromatic rings. The van der Waals surface area contributed by atoms with Crippen LogP contribution in [0.15, 0.2) is 0 Å². The molecule has 1 heterocycles. The summed E-state index contributed by atoms with van der Waals surface area (Å²) in [4.78, 5) is 25.9. The summed E-state index contributed by atoms with van der Waals surface area (Å²) in [5.41, 5.74) is 0. The van der Waals surface area contributed by atoms with Gasteiger partial charge in [-0.15, -0.1) is 0 Å². The van der Waals surface area contributed by atoms with Crippen LogP contribution < -0.4 is 0 Å². The minimum atomic E-state index is -0.250. The van der Waals surface area contributed by atoms with Crippen LogP contribution in [0.25, 0.3) is 0 Å². The summed E-state index contributed by atoms with van der Waals surface area (Å²) >= 11 is 0. The zero-order valence-electron chi connectivity index (χ0n) is 38.8. The molecule has 7 heteroatoms. The van der Waals surface area contributed by atoms with Crippen LogP contribution >= 0.6 is 0 Å². The Morgan fingerprint density at radius 2 is 0.842 bits per heavy atom. The first-order chi connectivity index (χ1) is 28.0. The van der Waals surface area contributed by atoms with Crippen molar-refractivity contribution in [3.05, 3.63) is 0 Å². The van der Waals surface area contributed by atoms with Crippen molar-refractivity contribution in [2.24, 2.45) is 17.8 Å². The van der Waals surface area contributed by atoms with E-state index in [1.165, 1.54) is 193 Å². The molecule has 1 rings (SSSR count). The van der Waals surface area contributed by atoms with E-state index in [2.05, 4.69) is 37.5 Å². The van der Waals surface area contributed by atoms with Crippen molar-refractivity contribution >= 4 is 12.4 Å². The van der Waals surface area contributed by atoms with Gasteiger partial charge in [-0.2, -0.15) is 0 Å². The molecule has 57 heavy (non-hydrogen) atoms. The molecule has 0 amide bonds. The zero-order chi connectivity index (χ0) is 41.9. The highest BCUT2D eigenvalue weighted by atomic mass is 16.5. The minimum absolute atomic E-state index is 0.0271. The SMILES string of the molecule is CCCCCC(CCCCC)CCCCCCCCCC(CCCCCCCC(=O)OCCC(CCCCC)CCCCC)CN1CCN(CCO)CC1.O=CO. The second-order valence-electron chi connectivity index (χ2n) is 17.9. The number of carbonyl (C=O) groups is 2. The number of hydrogen-bond acceptors (Lipinski definition) is 6. The van der Waals surface area contributed by atoms with E-state index in [-0.39, 0.29) is 19.0 Å². The van der Waals surface area contributed by atoms with E-state index in [1.54, 1.807) is 0 Å². The quantitative estimate of drug-likeness (QED) is 0.0361. The fourth-order valence-corrected chi connectivity index (χ4v) is 9.02. The minimum Gasteiger partial charge on any atom is -0.483 e. The predicted octanol–water partition coefficient (Wildman–Crippen LogP) is 13.6. The van der Waals surface area contributed by atoms with Crippen molar-refractivity contribution in [3.63, 3.8) is 0 Å². The van der Waals surface area contributed by atoms with Crippen molar-refractivity contribution in [1.82, 2.24) is 9.80 Å². The first-order valence-electron chi connectivity index (χ1n) is 25.3. The summed E-state index contributed by atoms with van der Waals surface area (Å²) in [7, 11) is 0. The number of carboxylic acid groups (broad SMARTS) is 1. The number of carbonyl (C=O) groups excluding carboxylic acids is 1. The number of esters is 1. The van der Waals surface area contributed by atoms with E-state index in [0.29, 0.717) is 13.0 Å². The van der Waals surface area contributed by atoms with Crippen molar-refractivity contribution in [2.45, 2.75) is 240 Å². The molecule has 0 saturated carbocycles. The van der Waals surface area contributed by atoms with Gasteiger partial charge in [0.2, 0.25) is 0 Å². The van der Waals surface area contributed by atoms with Crippen molar-refractivity contribution in [2.75, 3.05) is 52.5 Å². The molecule has 0 spiro atoms. The van der Waals surface area contributed by atoms with Crippen LogP contribution in [0.1, 0.15) is 240 Å². The van der Waals surface area contributed by atoms with Gasteiger partial charge < -0.3 is 19.8 Å². The van der Waals surface area contributed by atoms with Crippen LogP contribution in [0.2, 0.25) is 0 Å². The molecule has 1 aliphatic rings. The van der Waals surface area contributed by atoms with E-state index >= 15 is 0 Å². The molecule has 0 aliphatic carbocycles. The number of nitrogens with zero attached hydrogens (tertiary/aromatic N) is 2. The average molecular weight is 809 g/mol. The highest BCUT2D eigenvalue weighted by Gasteiger charge is 2.20. The number of aliphatic hydroxyl groups is 1. The van der Waals surface area contributed by atoms with E-state index in [0.717, 1.165) is 69.7 Å². The van der Waals surface area contributed by atoms with Gasteiger partial charge in [0.1, 0.15) is 0 Å². The third-order valence-electron chi connectivity index (χ3n) is 12.8. The first-order valence-corrected chi connectivity index (χ1v) is 25.3. The van der Waals surface area contributed by atoms with Gasteiger partial charge in [-0.3, -0.25) is 14.5 Å². The molecule has 2 N–H and O–H groups in total. The lowest BCUT2D eigenvalue weighted by molar-refractivity contribution is -0.144. The van der Waals surface area contributed by atoms with E-state index in [9.17, 15) is 9.90 Å². The van der Waals surface area contributed by atoms with Gasteiger partial charge in [0, 0.05) is 45.7 Å². The fraction of sp³-hybridized carbons (Fsp3) is 0.960. The Hall–Kier alpha value is -1.18. The lowest BCUT2D eigenvalue weighted by Crippen LogP contribution is -2.48. The topological polar surface area (TPSA) is 90.3 Å². The Morgan fingerprint density at radius 3 is 1.25 bits per heavy atom. The van der Waals surface area contributed by atoms with Crippen LogP contribution in [0.4, 0.5) is 0 Å². The second-order valence-corrected chi connectivity index (χ2v) is 17.9. The van der Waals surface area contributed by atoms with Crippen molar-refractivity contribution < 1.29 is 24.5 Å². The number of β-amino-alcohol motifs (C(OH)–C–C–N with tert-alkyl or cyclic N) is 1. The highest BCUT2D eigenvalue weighted by Crippen LogP contribution is 2.25. The van der Waals surface area contributed by atoms with Gasteiger partial charge in [-0.1, -0.05) is 207 Å². The molecule has 0 bridgehead atoms. The maximum atomic E-state index is 12.4. The van der Waals surface area contributed by atoms with Gasteiger partial charge in [-0.25, -0.2) is 0 Å². The predicted molar refractivity (Wildman–Crippen MR) is 245 cm³/mol. The lowest BCUT2D eigenvalue weighted by Gasteiger charge is -2.36. The van der Waals surface area contributed by atoms with Crippen LogP contribution in [0.5, 0.6) is 0 Å². The normalized spacial score (nSPS) is 14.2. The molecule has 340 valence electrons. The summed E-state index contributed by atoms with van der Waals surface area (Å²) in [6.45, 7) is 16.5. The van der Waals surface area contributed by atoms with E-state index < -0.39 is 0 Å². The highest BCUT2D eigenvalue weighted by molar-refractivity contribution is 5.69. The number of aliphatic hydroxyl groups excluding tert-OH is 1. The average Bonchev–Trinajstić information content (AvgIpc) is 3.20. The number of piperazine rings is 1. The van der Waals surface area contributed by atoms with Gasteiger partial charge >= 0.3 is 5.97 Å². The molecule has 1 atom stereocenters. The van der Waals surface area contributed by atoms with Crippen molar-refractivity contribution in [1.29, 1.82) is 0 Å². The smallest absolute Gasteiger partial charge is 0.305 e. The summed E-state index contributed by atoms with van der Waals surface area (Å²) < 4.78 is 5.70. The van der Waals surface area contributed by atoms with E-state index in [4.69, 9.17) is 14.6 Å². The molecule has 1 saturated heterocycles. The standard InChI is InChI=1S/C49H98N2O3.CH2O2/c1-5-9-21-29-46(30-22-10-6-2)33-25-17-14-13-15-18-26-34-48(45-51-40-38-50(39-41-51)42-43-52)35-27-19-16-20-28-36-49(53)54-44-37-47(31-23-11-7-3)32-24-12-8-4;2-1-3/h46-48,52H,5-45H2,1-4H3;1H,(H,2,3). The largest absolute Gasteiger partial charge is 0.483 e. The Bertz CT molecular complexity index is 801. The molecule has 0 aromatic carbocycles. The number of hydrogen-bond donors (Lipinski definition) is 2. The monoisotopic (exact) mass is 809 g/mol. The van der Waals surface area contributed by atoms with Gasteiger partial charge in [-0.05, 0) is 43.4 Å².